The summed E-state index contributed by atoms with van der Waals surface area (Å²) in [6.45, 7) is 0. The van der Waals surface area contributed by atoms with Gasteiger partial charge in [-0.3, -0.25) is 0 Å². The Morgan fingerprint density at radius 3 is 1.40 bits per heavy atom. The summed E-state index contributed by atoms with van der Waals surface area (Å²) < 4.78 is 0. The molecule has 0 saturated carbocycles. The fourth-order valence-electron chi connectivity index (χ4n) is 10.9. The van der Waals surface area contributed by atoms with Crippen molar-refractivity contribution in [2.75, 3.05) is 0 Å². The molecule has 0 heterocycles. The molecule has 0 unspecified atom stereocenters. The minimum absolute atomic E-state index is 0.435. The van der Waals surface area contributed by atoms with E-state index < -0.39 is 5.41 Å². The highest BCUT2D eigenvalue weighted by Gasteiger charge is 2.53. The first-order valence-corrected chi connectivity index (χ1v) is 19.4. The van der Waals surface area contributed by atoms with Crippen molar-refractivity contribution in [3.8, 4) is 33.4 Å². The maximum atomic E-state index is 2.47. The Morgan fingerprint density at radius 2 is 0.727 bits per heavy atom. The van der Waals surface area contributed by atoms with Crippen LogP contribution in [-0.4, -0.2) is 0 Å². The van der Waals surface area contributed by atoms with E-state index in [9.17, 15) is 0 Å². The molecule has 0 aliphatic heterocycles. The topological polar surface area (TPSA) is 0 Å². The molecule has 1 spiro atoms. The number of rotatable bonds is 1. The molecule has 11 aromatic carbocycles. The van der Waals surface area contributed by atoms with Crippen molar-refractivity contribution in [2.45, 2.75) is 5.41 Å². The van der Waals surface area contributed by atoms with Crippen molar-refractivity contribution in [1.29, 1.82) is 0 Å². The summed E-state index contributed by atoms with van der Waals surface area (Å²) in [6.07, 6.45) is 0. The largest absolute Gasteiger partial charge is 0.0737 e. The van der Waals surface area contributed by atoms with Gasteiger partial charge in [0.2, 0.25) is 0 Å². The Labute approximate surface area is 318 Å². The van der Waals surface area contributed by atoms with E-state index >= 15 is 0 Å². The molecule has 0 amide bonds. The summed E-state index contributed by atoms with van der Waals surface area (Å²) in [4.78, 5) is 0. The lowest BCUT2D eigenvalue weighted by Crippen LogP contribution is -2.26. The quantitative estimate of drug-likeness (QED) is 0.150. The number of hydrogen-bond acceptors (Lipinski definition) is 0. The Kier molecular flexibility index (Phi) is 5.65. The maximum absolute atomic E-state index is 2.47. The Balaban J connectivity index is 1.14. The minimum Gasteiger partial charge on any atom is -0.0619 e. The van der Waals surface area contributed by atoms with Crippen molar-refractivity contribution in [3.63, 3.8) is 0 Å². The average molecular weight is 693 g/mol. The highest BCUT2D eigenvalue weighted by Crippen LogP contribution is 2.65. The van der Waals surface area contributed by atoms with Crippen LogP contribution < -0.4 is 0 Å². The Hall–Kier alpha value is -7.02. The summed E-state index contributed by atoms with van der Waals surface area (Å²) in [5, 5.41) is 15.6. The van der Waals surface area contributed by atoms with E-state index in [0.29, 0.717) is 0 Å². The van der Waals surface area contributed by atoms with Gasteiger partial charge in [0, 0.05) is 0 Å². The second-order valence-electron chi connectivity index (χ2n) is 15.5. The fourth-order valence-corrected chi connectivity index (χ4v) is 10.9. The van der Waals surface area contributed by atoms with E-state index in [0.717, 1.165) is 0 Å². The second-order valence-corrected chi connectivity index (χ2v) is 15.5. The van der Waals surface area contributed by atoms with E-state index in [4.69, 9.17) is 0 Å². The first-order valence-electron chi connectivity index (χ1n) is 19.4. The van der Waals surface area contributed by atoms with E-state index in [2.05, 4.69) is 194 Å². The van der Waals surface area contributed by atoms with E-state index in [1.807, 2.05) is 0 Å². The van der Waals surface area contributed by atoms with E-state index in [1.165, 1.54) is 120 Å². The predicted octanol–water partition coefficient (Wildman–Crippen LogP) is 14.6. The second kappa shape index (κ2) is 10.6. The summed E-state index contributed by atoms with van der Waals surface area (Å²) in [7, 11) is 0. The van der Waals surface area contributed by atoms with Gasteiger partial charge in [-0.2, -0.15) is 0 Å². The van der Waals surface area contributed by atoms with Crippen LogP contribution in [0.5, 0.6) is 0 Å². The lowest BCUT2D eigenvalue weighted by atomic mass is 9.68. The monoisotopic (exact) mass is 692 g/mol. The first kappa shape index (κ1) is 29.4. The van der Waals surface area contributed by atoms with Crippen molar-refractivity contribution >= 4 is 64.6 Å². The molecule has 55 heavy (non-hydrogen) atoms. The molecule has 0 nitrogen and oxygen atoms in total. The van der Waals surface area contributed by atoms with Crippen molar-refractivity contribution in [3.05, 3.63) is 216 Å². The smallest absolute Gasteiger partial charge is 0.0619 e. The van der Waals surface area contributed by atoms with E-state index in [1.54, 1.807) is 0 Å². The fraction of sp³-hybridized carbons (Fsp3) is 0.0182. The normalized spacial score (nSPS) is 13.6. The molecule has 0 bridgehead atoms. The van der Waals surface area contributed by atoms with Gasteiger partial charge in [0.1, 0.15) is 0 Å². The average Bonchev–Trinajstić information content (AvgIpc) is 3.73. The zero-order valence-electron chi connectivity index (χ0n) is 30.0. The first-order chi connectivity index (χ1) is 27.3. The third-order valence-corrected chi connectivity index (χ3v) is 13.0. The molecule has 0 radical (unpaired) electrons. The number of fused-ring (bicyclic) bond motifs is 22. The SMILES string of the molecule is c1ccc2c(c1)-c1ccccc1C21c2c(ccc3ccccc23)-c2ccc3cc(-c4cc5c6ccccc6c6ccccc6c5c5ccccc45)ccc3c21. The van der Waals surface area contributed by atoms with Gasteiger partial charge in [0.25, 0.3) is 0 Å². The molecule has 0 saturated heterocycles. The van der Waals surface area contributed by atoms with Crippen LogP contribution in [0.1, 0.15) is 22.3 Å². The minimum atomic E-state index is -0.435. The molecule has 2 aliphatic carbocycles. The lowest BCUT2D eigenvalue weighted by Gasteiger charge is -2.32. The Bertz CT molecular complexity index is 3440. The van der Waals surface area contributed by atoms with Gasteiger partial charge < -0.3 is 0 Å². The Morgan fingerprint density at radius 1 is 0.255 bits per heavy atom. The third kappa shape index (κ3) is 3.62. The van der Waals surface area contributed by atoms with Gasteiger partial charge in [0.15, 0.2) is 0 Å². The highest BCUT2D eigenvalue weighted by molar-refractivity contribution is 6.33. The van der Waals surface area contributed by atoms with Crippen LogP contribution in [0, 0.1) is 0 Å². The molecule has 252 valence electrons. The maximum Gasteiger partial charge on any atom is 0.0737 e. The van der Waals surface area contributed by atoms with Gasteiger partial charge in [-0.25, -0.2) is 0 Å². The lowest BCUT2D eigenvalue weighted by molar-refractivity contribution is 0.809. The summed E-state index contributed by atoms with van der Waals surface area (Å²) in [5.74, 6) is 0. The zero-order chi connectivity index (χ0) is 35.8. The number of benzene rings is 11. The molecule has 0 heteroatoms. The molecule has 11 aromatic rings. The zero-order valence-corrected chi connectivity index (χ0v) is 30.0. The van der Waals surface area contributed by atoms with Gasteiger partial charge in [-0.05, 0) is 132 Å². The molecule has 2 aliphatic rings. The van der Waals surface area contributed by atoms with Crippen LogP contribution in [0.15, 0.2) is 194 Å². The van der Waals surface area contributed by atoms with Gasteiger partial charge in [-0.15, -0.1) is 0 Å². The van der Waals surface area contributed by atoms with Crippen LogP contribution in [0.25, 0.3) is 98.0 Å². The summed E-state index contributed by atoms with van der Waals surface area (Å²) in [5.41, 5.74) is 13.0. The van der Waals surface area contributed by atoms with Gasteiger partial charge >= 0.3 is 0 Å². The van der Waals surface area contributed by atoms with Crippen molar-refractivity contribution in [1.82, 2.24) is 0 Å². The summed E-state index contributed by atoms with van der Waals surface area (Å²) in [6, 6.07) is 73.3. The van der Waals surface area contributed by atoms with Crippen molar-refractivity contribution in [2.24, 2.45) is 0 Å². The van der Waals surface area contributed by atoms with Crippen LogP contribution in [0.4, 0.5) is 0 Å². The summed E-state index contributed by atoms with van der Waals surface area (Å²) >= 11 is 0. The van der Waals surface area contributed by atoms with E-state index in [-0.39, 0.29) is 0 Å². The van der Waals surface area contributed by atoms with Crippen molar-refractivity contribution < 1.29 is 0 Å². The molecular weight excluding hydrogens is 661 g/mol. The highest BCUT2D eigenvalue weighted by atomic mass is 14.5. The molecular formula is C55H32. The molecule has 13 rings (SSSR count). The standard InChI is InChI=1S/C55H32/c1-2-14-36-33(13-1)25-29-46-47-30-27-34-31-35(26-28-37(34)54(47)55(53(36)46)50-23-11-9-19-42(50)43-20-10-12-24-51(43)55)48-32-49-40-17-4-3-15-38(40)39-16-5-7-21-44(39)52(49)45-22-8-6-18-41(45)48/h1-32H. The molecule has 0 atom stereocenters. The predicted molar refractivity (Wildman–Crippen MR) is 233 cm³/mol. The van der Waals surface area contributed by atoms with Crippen LogP contribution in [0.2, 0.25) is 0 Å². The van der Waals surface area contributed by atoms with Crippen LogP contribution in [0.3, 0.4) is 0 Å². The molecule has 0 fully saturated rings. The molecule has 0 N–H and O–H groups in total. The van der Waals surface area contributed by atoms with Crippen LogP contribution in [-0.2, 0) is 5.41 Å². The van der Waals surface area contributed by atoms with Gasteiger partial charge in [-0.1, -0.05) is 182 Å². The van der Waals surface area contributed by atoms with Gasteiger partial charge in [0.05, 0.1) is 5.41 Å². The number of hydrogen-bond donors (Lipinski definition) is 0. The van der Waals surface area contributed by atoms with Crippen LogP contribution >= 0.6 is 0 Å². The molecule has 0 aromatic heterocycles. The third-order valence-electron chi connectivity index (χ3n) is 13.0.